The lowest BCUT2D eigenvalue weighted by molar-refractivity contribution is 0.0333. The summed E-state index contributed by atoms with van der Waals surface area (Å²) in [5.41, 5.74) is 4.74. The monoisotopic (exact) mass is 215 g/mol. The fourth-order valence-electron chi connectivity index (χ4n) is 2.04. The van der Waals surface area contributed by atoms with Crippen LogP contribution in [-0.2, 0) is 0 Å². The Morgan fingerprint density at radius 1 is 1.40 bits per heavy atom. The molecule has 0 aliphatic carbocycles. The summed E-state index contributed by atoms with van der Waals surface area (Å²) in [5, 5.41) is 9.81. The van der Waals surface area contributed by atoms with Gasteiger partial charge >= 0.3 is 0 Å². The molecule has 0 aromatic carbocycles. The van der Waals surface area contributed by atoms with Crippen LogP contribution in [0.15, 0.2) is 0 Å². The lowest BCUT2D eigenvalue weighted by atomic mass is 10.1. The van der Waals surface area contributed by atoms with Gasteiger partial charge in [0.15, 0.2) is 0 Å². The Labute approximate surface area is 93.0 Å². The van der Waals surface area contributed by atoms with Crippen molar-refractivity contribution in [1.82, 2.24) is 9.80 Å². The van der Waals surface area contributed by atoms with E-state index in [1.54, 1.807) is 6.92 Å². The summed E-state index contributed by atoms with van der Waals surface area (Å²) in [6.45, 7) is 7.35. The standard InChI is InChI=1S/C11H25N3O/c1-11(15,9-12)10-13(2)7-8-14-5-3-4-6-14/h15H,3-10,12H2,1-2H3. The van der Waals surface area contributed by atoms with E-state index in [-0.39, 0.29) is 0 Å². The van der Waals surface area contributed by atoms with E-state index in [0.717, 1.165) is 13.1 Å². The van der Waals surface area contributed by atoms with E-state index in [9.17, 15) is 5.11 Å². The average molecular weight is 215 g/mol. The largest absolute Gasteiger partial charge is 0.388 e. The van der Waals surface area contributed by atoms with Gasteiger partial charge in [0, 0.05) is 26.2 Å². The van der Waals surface area contributed by atoms with Crippen molar-refractivity contribution in [3.05, 3.63) is 0 Å². The van der Waals surface area contributed by atoms with Crippen molar-refractivity contribution in [2.45, 2.75) is 25.4 Å². The summed E-state index contributed by atoms with van der Waals surface area (Å²) < 4.78 is 0. The molecule has 4 heteroatoms. The predicted molar refractivity (Wildman–Crippen MR) is 62.8 cm³/mol. The number of likely N-dealkylation sites (tertiary alicyclic amines) is 1. The van der Waals surface area contributed by atoms with E-state index in [0.29, 0.717) is 13.1 Å². The third-order valence-electron chi connectivity index (χ3n) is 3.05. The van der Waals surface area contributed by atoms with E-state index in [2.05, 4.69) is 9.80 Å². The fourth-order valence-corrected chi connectivity index (χ4v) is 2.04. The molecule has 15 heavy (non-hydrogen) atoms. The zero-order valence-electron chi connectivity index (χ0n) is 10.1. The smallest absolute Gasteiger partial charge is 0.0867 e. The first-order valence-corrected chi connectivity index (χ1v) is 5.87. The molecule has 1 heterocycles. The summed E-state index contributed by atoms with van der Waals surface area (Å²) in [4.78, 5) is 4.64. The molecule has 4 nitrogen and oxygen atoms in total. The second-order valence-electron chi connectivity index (χ2n) is 4.99. The highest BCUT2D eigenvalue weighted by Gasteiger charge is 2.20. The summed E-state index contributed by atoms with van der Waals surface area (Å²) in [5.74, 6) is 0. The molecule has 0 spiro atoms. The maximum absolute atomic E-state index is 9.81. The van der Waals surface area contributed by atoms with Gasteiger partial charge in [-0.2, -0.15) is 0 Å². The second-order valence-corrected chi connectivity index (χ2v) is 4.99. The molecule has 0 saturated carbocycles. The van der Waals surface area contributed by atoms with Crippen molar-refractivity contribution in [2.75, 3.05) is 46.3 Å². The van der Waals surface area contributed by atoms with Crippen LogP contribution < -0.4 is 5.73 Å². The molecule has 0 amide bonds. The molecule has 0 radical (unpaired) electrons. The second kappa shape index (κ2) is 5.80. The van der Waals surface area contributed by atoms with Gasteiger partial charge in [0.05, 0.1) is 5.60 Å². The molecule has 1 rings (SSSR count). The van der Waals surface area contributed by atoms with Crippen molar-refractivity contribution < 1.29 is 5.11 Å². The Morgan fingerprint density at radius 3 is 2.53 bits per heavy atom. The van der Waals surface area contributed by atoms with Gasteiger partial charge in [0.1, 0.15) is 0 Å². The minimum absolute atomic E-state index is 0.320. The maximum atomic E-state index is 9.81. The number of aliphatic hydroxyl groups is 1. The quantitative estimate of drug-likeness (QED) is 0.640. The molecular weight excluding hydrogens is 190 g/mol. The van der Waals surface area contributed by atoms with E-state index in [1.165, 1.54) is 25.9 Å². The predicted octanol–water partition coefficient (Wildman–Crippen LogP) is -0.276. The normalized spacial score (nSPS) is 22.2. The van der Waals surface area contributed by atoms with E-state index < -0.39 is 5.60 Å². The van der Waals surface area contributed by atoms with Crippen LogP contribution in [0.4, 0.5) is 0 Å². The topological polar surface area (TPSA) is 52.7 Å². The summed E-state index contributed by atoms with van der Waals surface area (Å²) in [6.07, 6.45) is 2.68. The van der Waals surface area contributed by atoms with Crippen LogP contribution in [0.25, 0.3) is 0 Å². The van der Waals surface area contributed by atoms with Crippen LogP contribution in [0, 0.1) is 0 Å². The Balaban J connectivity index is 2.15. The zero-order valence-corrected chi connectivity index (χ0v) is 10.1. The van der Waals surface area contributed by atoms with Gasteiger partial charge in [-0.1, -0.05) is 0 Å². The van der Waals surface area contributed by atoms with Crippen LogP contribution in [0.5, 0.6) is 0 Å². The van der Waals surface area contributed by atoms with Crippen molar-refractivity contribution in [1.29, 1.82) is 0 Å². The molecule has 0 bridgehead atoms. The summed E-state index contributed by atoms with van der Waals surface area (Å²) >= 11 is 0. The van der Waals surface area contributed by atoms with Crippen molar-refractivity contribution in [2.24, 2.45) is 5.73 Å². The van der Waals surface area contributed by atoms with Crippen molar-refractivity contribution in [3.63, 3.8) is 0 Å². The number of nitrogens with zero attached hydrogens (tertiary/aromatic N) is 2. The van der Waals surface area contributed by atoms with Gasteiger partial charge in [0.25, 0.3) is 0 Å². The number of likely N-dealkylation sites (N-methyl/N-ethyl adjacent to an activating group) is 1. The lowest BCUT2D eigenvalue weighted by Gasteiger charge is -2.29. The van der Waals surface area contributed by atoms with Crippen LogP contribution in [0.2, 0.25) is 0 Å². The number of hydrogen-bond acceptors (Lipinski definition) is 4. The third kappa shape index (κ3) is 4.93. The van der Waals surface area contributed by atoms with Crippen LogP contribution in [0.1, 0.15) is 19.8 Å². The van der Waals surface area contributed by atoms with Crippen molar-refractivity contribution >= 4 is 0 Å². The van der Waals surface area contributed by atoms with Gasteiger partial charge in [-0.15, -0.1) is 0 Å². The SMILES string of the molecule is CN(CCN1CCCC1)CC(C)(O)CN. The minimum atomic E-state index is -0.750. The molecule has 1 atom stereocenters. The summed E-state index contributed by atoms with van der Waals surface area (Å²) in [6, 6.07) is 0. The Hall–Kier alpha value is -0.160. The first kappa shape index (κ1) is 12.9. The van der Waals surface area contributed by atoms with Crippen LogP contribution >= 0.6 is 0 Å². The molecule has 1 aliphatic heterocycles. The Morgan fingerprint density at radius 2 is 2.00 bits per heavy atom. The van der Waals surface area contributed by atoms with Gasteiger partial charge in [-0.05, 0) is 39.9 Å². The highest BCUT2D eigenvalue weighted by Crippen LogP contribution is 2.07. The molecule has 1 fully saturated rings. The molecule has 90 valence electrons. The highest BCUT2D eigenvalue weighted by molar-refractivity contribution is 4.77. The van der Waals surface area contributed by atoms with Gasteiger partial charge in [-0.3, -0.25) is 0 Å². The molecule has 0 aromatic heterocycles. The molecule has 0 aromatic rings. The Bertz CT molecular complexity index is 179. The summed E-state index contributed by atoms with van der Waals surface area (Å²) in [7, 11) is 2.04. The van der Waals surface area contributed by atoms with E-state index >= 15 is 0 Å². The van der Waals surface area contributed by atoms with Gasteiger partial charge in [-0.25, -0.2) is 0 Å². The van der Waals surface area contributed by atoms with Gasteiger partial charge in [0.2, 0.25) is 0 Å². The first-order chi connectivity index (χ1) is 7.03. The Kier molecular flexibility index (Phi) is 4.99. The third-order valence-corrected chi connectivity index (χ3v) is 3.05. The lowest BCUT2D eigenvalue weighted by Crippen LogP contribution is -2.46. The molecular formula is C11H25N3O. The molecule has 1 unspecified atom stereocenters. The number of nitrogens with two attached hydrogens (primary N) is 1. The molecule has 1 aliphatic rings. The highest BCUT2D eigenvalue weighted by atomic mass is 16.3. The minimum Gasteiger partial charge on any atom is -0.388 e. The number of hydrogen-bond donors (Lipinski definition) is 2. The van der Waals surface area contributed by atoms with E-state index in [4.69, 9.17) is 5.73 Å². The first-order valence-electron chi connectivity index (χ1n) is 5.87. The number of rotatable bonds is 6. The molecule has 1 saturated heterocycles. The zero-order chi connectivity index (χ0) is 11.3. The van der Waals surface area contributed by atoms with E-state index in [1.807, 2.05) is 7.05 Å². The van der Waals surface area contributed by atoms with Crippen LogP contribution in [0.3, 0.4) is 0 Å². The fraction of sp³-hybridized carbons (Fsp3) is 1.00. The van der Waals surface area contributed by atoms with Crippen LogP contribution in [-0.4, -0.2) is 66.8 Å². The van der Waals surface area contributed by atoms with Gasteiger partial charge < -0.3 is 20.6 Å². The average Bonchev–Trinajstić information content (AvgIpc) is 2.66. The van der Waals surface area contributed by atoms with Crippen molar-refractivity contribution in [3.8, 4) is 0 Å². The molecule has 3 N–H and O–H groups in total. The maximum Gasteiger partial charge on any atom is 0.0867 e.